The summed E-state index contributed by atoms with van der Waals surface area (Å²) < 4.78 is 17.1. The third-order valence-electron chi connectivity index (χ3n) is 7.64. The molecule has 9 nitrogen and oxygen atoms in total. The van der Waals surface area contributed by atoms with Gasteiger partial charge in [-0.25, -0.2) is 0 Å². The van der Waals surface area contributed by atoms with Crippen molar-refractivity contribution in [3.05, 3.63) is 75.7 Å². The molecule has 7 rings (SSSR count). The molecule has 40 heavy (non-hydrogen) atoms. The van der Waals surface area contributed by atoms with Crippen LogP contribution in [0.5, 0.6) is 11.5 Å². The number of furan rings is 1. The Labute approximate surface area is 240 Å². The van der Waals surface area contributed by atoms with Crippen LogP contribution < -0.4 is 25.0 Å². The summed E-state index contributed by atoms with van der Waals surface area (Å²) in [5, 5.41) is 7.21. The molecule has 11 heteroatoms. The Morgan fingerprint density at radius 3 is 2.45 bits per heavy atom. The molecule has 2 heterocycles. The van der Waals surface area contributed by atoms with E-state index in [2.05, 4.69) is 10.6 Å². The Bertz CT molecular complexity index is 1520. The van der Waals surface area contributed by atoms with Crippen LogP contribution in [-0.2, 0) is 9.59 Å². The van der Waals surface area contributed by atoms with Gasteiger partial charge in [-0.1, -0.05) is 23.2 Å². The number of anilines is 1. The number of aryl methyl sites for hydroxylation is 2. The van der Waals surface area contributed by atoms with Crippen molar-refractivity contribution in [3.8, 4) is 11.5 Å². The zero-order valence-electron chi connectivity index (χ0n) is 21.9. The Morgan fingerprint density at radius 2 is 1.75 bits per heavy atom. The van der Waals surface area contributed by atoms with Crippen LogP contribution in [0.25, 0.3) is 0 Å². The number of amides is 3. The van der Waals surface area contributed by atoms with E-state index in [0.29, 0.717) is 52.3 Å². The average molecular weight is 584 g/mol. The summed E-state index contributed by atoms with van der Waals surface area (Å²) in [6.07, 6.45) is 0.921. The quantitative estimate of drug-likeness (QED) is 0.420. The molecule has 3 amide bonds. The van der Waals surface area contributed by atoms with Gasteiger partial charge in [-0.2, -0.15) is 0 Å². The van der Waals surface area contributed by atoms with Crippen molar-refractivity contribution in [2.45, 2.75) is 50.3 Å². The van der Waals surface area contributed by atoms with Crippen LogP contribution in [0.3, 0.4) is 0 Å². The van der Waals surface area contributed by atoms with Crippen LogP contribution in [0.4, 0.5) is 5.69 Å². The molecule has 208 valence electrons. The van der Waals surface area contributed by atoms with Gasteiger partial charge >= 0.3 is 0 Å². The lowest BCUT2D eigenvalue weighted by Gasteiger charge is -2.70. The molecule has 0 saturated heterocycles. The van der Waals surface area contributed by atoms with Gasteiger partial charge in [0.1, 0.15) is 17.3 Å². The molecule has 1 aliphatic heterocycles. The van der Waals surface area contributed by atoms with Gasteiger partial charge in [0, 0.05) is 21.1 Å². The van der Waals surface area contributed by atoms with Crippen molar-refractivity contribution >= 4 is 46.6 Å². The zero-order chi connectivity index (χ0) is 28.2. The molecule has 3 aromatic rings. The van der Waals surface area contributed by atoms with Gasteiger partial charge in [-0.15, -0.1) is 0 Å². The van der Waals surface area contributed by atoms with Crippen molar-refractivity contribution < 1.29 is 28.3 Å². The summed E-state index contributed by atoms with van der Waals surface area (Å²) in [5.74, 6) is 0.788. The first-order valence-electron chi connectivity index (χ1n) is 12.9. The minimum Gasteiger partial charge on any atom is -0.484 e. The monoisotopic (exact) mass is 583 g/mol. The van der Waals surface area contributed by atoms with Crippen LogP contribution >= 0.6 is 23.2 Å². The van der Waals surface area contributed by atoms with Crippen LogP contribution in [0.1, 0.15) is 41.1 Å². The maximum absolute atomic E-state index is 13.3. The predicted molar refractivity (Wildman–Crippen MR) is 148 cm³/mol. The van der Waals surface area contributed by atoms with Gasteiger partial charge in [0.05, 0.1) is 12.2 Å². The summed E-state index contributed by atoms with van der Waals surface area (Å²) in [6.45, 7) is 3.51. The molecule has 3 aliphatic carbocycles. The molecular formula is C29H27Cl2N3O6. The number of halogens is 2. The largest absolute Gasteiger partial charge is 0.484 e. The van der Waals surface area contributed by atoms with E-state index in [0.717, 1.165) is 5.56 Å². The minimum absolute atomic E-state index is 0.00275. The lowest BCUT2D eigenvalue weighted by molar-refractivity contribution is -0.153. The van der Waals surface area contributed by atoms with Crippen molar-refractivity contribution in [1.29, 1.82) is 0 Å². The van der Waals surface area contributed by atoms with Crippen LogP contribution in [0.2, 0.25) is 10.0 Å². The van der Waals surface area contributed by atoms with Gasteiger partial charge in [0.2, 0.25) is 0 Å². The molecule has 1 atom stereocenters. The van der Waals surface area contributed by atoms with E-state index in [1.54, 1.807) is 55.5 Å². The SMILES string of the molecule is Cc1ccc(C(=O)N2CC(C(=O)NC34CC(NC(=O)COc5ccc(Cl)c(C)c5)(C3)C4)Oc3ccc(Cl)cc32)o1. The number of nitrogens with zero attached hydrogens (tertiary/aromatic N) is 1. The first-order chi connectivity index (χ1) is 19.0. The highest BCUT2D eigenvalue weighted by Gasteiger charge is 2.69. The summed E-state index contributed by atoms with van der Waals surface area (Å²) in [5.41, 5.74) is 0.586. The fourth-order valence-electron chi connectivity index (χ4n) is 5.85. The molecule has 2 N–H and O–H groups in total. The van der Waals surface area contributed by atoms with Gasteiger partial charge < -0.3 is 24.5 Å². The Kier molecular flexibility index (Phi) is 6.46. The number of fused-ring (bicyclic) bond motifs is 1. The molecule has 2 bridgehead atoms. The number of carbonyl (C=O) groups is 3. The Balaban J connectivity index is 1.05. The minimum atomic E-state index is -0.926. The number of rotatable bonds is 7. The van der Waals surface area contributed by atoms with E-state index < -0.39 is 11.6 Å². The molecule has 2 aromatic carbocycles. The van der Waals surface area contributed by atoms with Gasteiger partial charge in [0.25, 0.3) is 17.7 Å². The van der Waals surface area contributed by atoms with E-state index in [4.69, 9.17) is 37.1 Å². The van der Waals surface area contributed by atoms with Crippen LogP contribution in [-0.4, -0.2) is 48.1 Å². The summed E-state index contributed by atoms with van der Waals surface area (Å²) >= 11 is 12.2. The second-order valence-electron chi connectivity index (χ2n) is 10.9. The maximum atomic E-state index is 13.3. The van der Waals surface area contributed by atoms with Crippen molar-refractivity contribution in [3.63, 3.8) is 0 Å². The molecule has 4 aliphatic rings. The van der Waals surface area contributed by atoms with E-state index in [-0.39, 0.29) is 42.2 Å². The number of ether oxygens (including phenoxy) is 2. The second kappa shape index (κ2) is 9.74. The van der Waals surface area contributed by atoms with Crippen molar-refractivity contribution in [1.82, 2.24) is 10.6 Å². The molecule has 3 fully saturated rings. The molecule has 0 spiro atoms. The predicted octanol–water partition coefficient (Wildman–Crippen LogP) is 4.60. The van der Waals surface area contributed by atoms with Gasteiger partial charge in [-0.05, 0) is 87.2 Å². The number of benzene rings is 2. The average Bonchev–Trinajstić information content (AvgIpc) is 3.32. The Morgan fingerprint density at radius 1 is 1.00 bits per heavy atom. The third kappa shape index (κ3) is 4.88. The molecule has 0 radical (unpaired) electrons. The van der Waals surface area contributed by atoms with Gasteiger partial charge in [-0.3, -0.25) is 19.3 Å². The van der Waals surface area contributed by atoms with Crippen molar-refractivity contribution in [2.24, 2.45) is 0 Å². The number of nitrogens with one attached hydrogen (secondary N) is 2. The smallest absolute Gasteiger partial charge is 0.294 e. The van der Waals surface area contributed by atoms with Crippen LogP contribution in [0, 0.1) is 13.8 Å². The fourth-order valence-corrected chi connectivity index (χ4v) is 6.13. The number of hydrogen-bond acceptors (Lipinski definition) is 6. The molecule has 1 unspecified atom stereocenters. The highest BCUT2D eigenvalue weighted by atomic mass is 35.5. The van der Waals surface area contributed by atoms with E-state index in [9.17, 15) is 14.4 Å². The number of carbonyl (C=O) groups excluding carboxylic acids is 3. The molecule has 1 aromatic heterocycles. The van der Waals surface area contributed by atoms with E-state index >= 15 is 0 Å². The topological polar surface area (TPSA) is 110 Å². The molecule has 3 saturated carbocycles. The zero-order valence-corrected chi connectivity index (χ0v) is 23.4. The Hall–Kier alpha value is -3.69. The first kappa shape index (κ1) is 26.5. The lowest BCUT2D eigenvalue weighted by atomic mass is 9.44. The lowest BCUT2D eigenvalue weighted by Crippen LogP contribution is -2.84. The number of hydrogen-bond donors (Lipinski definition) is 2. The van der Waals surface area contributed by atoms with E-state index in [1.807, 2.05) is 6.92 Å². The van der Waals surface area contributed by atoms with Gasteiger partial charge in [0.15, 0.2) is 18.5 Å². The third-order valence-corrected chi connectivity index (χ3v) is 8.30. The first-order valence-corrected chi connectivity index (χ1v) is 13.7. The normalized spacial score (nSPS) is 24.1. The standard InChI is InChI=1S/C29H27Cl2N3O6/c1-16-9-19(5-6-20(16)31)38-12-25(35)32-28-13-29(14-28,15-28)33-26(36)24-11-34(27(37)23-7-3-17(2)39-23)21-10-18(30)4-8-22(21)40-24/h3-10,24H,11-15H2,1-2H3,(H,32,35)(H,33,36). The summed E-state index contributed by atoms with van der Waals surface area (Å²) in [6, 6.07) is 13.5. The highest BCUT2D eigenvalue weighted by Crippen LogP contribution is 2.60. The summed E-state index contributed by atoms with van der Waals surface area (Å²) in [7, 11) is 0. The van der Waals surface area contributed by atoms with Crippen LogP contribution in [0.15, 0.2) is 52.9 Å². The molecular weight excluding hydrogens is 557 g/mol. The fraction of sp³-hybridized carbons (Fsp3) is 0.345. The maximum Gasteiger partial charge on any atom is 0.294 e. The van der Waals surface area contributed by atoms with E-state index in [1.165, 1.54) is 4.90 Å². The van der Waals surface area contributed by atoms with Crippen molar-refractivity contribution in [2.75, 3.05) is 18.1 Å². The summed E-state index contributed by atoms with van der Waals surface area (Å²) in [4.78, 5) is 40.6. The highest BCUT2D eigenvalue weighted by molar-refractivity contribution is 6.31. The second-order valence-corrected chi connectivity index (χ2v) is 11.7.